The minimum Gasteiger partial charge on any atom is -0.456 e. The van der Waals surface area contributed by atoms with Crippen LogP contribution in [0, 0.1) is 0 Å². The Hall–Kier alpha value is -7.63. The minimum absolute atomic E-state index is 0.569. The van der Waals surface area contributed by atoms with Gasteiger partial charge in [0.1, 0.15) is 22.3 Å². The van der Waals surface area contributed by atoms with Gasteiger partial charge in [-0.2, -0.15) is 0 Å². The van der Waals surface area contributed by atoms with E-state index in [1.165, 1.54) is 16.7 Å². The first-order chi connectivity index (χ1) is 27.7. The molecule has 0 saturated heterocycles. The van der Waals surface area contributed by atoms with Gasteiger partial charge in [0.2, 0.25) is 0 Å². The number of aromatic nitrogens is 3. The van der Waals surface area contributed by atoms with Crippen molar-refractivity contribution < 1.29 is 8.83 Å². The Balaban J connectivity index is 1.05. The molecule has 0 aliphatic rings. The molecule has 11 rings (SSSR count). The van der Waals surface area contributed by atoms with Crippen LogP contribution in [0.1, 0.15) is 0 Å². The topological polar surface area (TPSA) is 65.0 Å². The molecule has 5 heteroatoms. The number of rotatable bonds is 6. The van der Waals surface area contributed by atoms with E-state index in [2.05, 4.69) is 109 Å². The summed E-state index contributed by atoms with van der Waals surface area (Å²) in [6.07, 6.45) is 0. The lowest BCUT2D eigenvalue weighted by Crippen LogP contribution is -2.00. The molecular formula is C51H31N3O2. The van der Waals surface area contributed by atoms with Crippen LogP contribution in [-0.2, 0) is 0 Å². The number of para-hydroxylation sites is 2. The van der Waals surface area contributed by atoms with Gasteiger partial charge in [0.15, 0.2) is 17.5 Å². The van der Waals surface area contributed by atoms with Gasteiger partial charge in [0, 0.05) is 43.8 Å². The van der Waals surface area contributed by atoms with E-state index in [-0.39, 0.29) is 0 Å². The molecule has 0 aliphatic heterocycles. The quantitative estimate of drug-likeness (QED) is 0.171. The van der Waals surface area contributed by atoms with Crippen molar-refractivity contribution in [2.45, 2.75) is 0 Å². The number of benzene rings is 8. The van der Waals surface area contributed by atoms with Gasteiger partial charge in [0.25, 0.3) is 0 Å². The summed E-state index contributed by atoms with van der Waals surface area (Å²) in [6.45, 7) is 0. The van der Waals surface area contributed by atoms with Crippen molar-refractivity contribution in [3.8, 4) is 67.5 Å². The SMILES string of the molecule is c1ccc(-c2cccc(-c3ccc(-c4cccc5c4oc4cccc(-c6nc(-c7ccccc7)nc(-c7cccc8oc9ccccc9c78)n6)c45)cc3)c2)cc1. The van der Waals surface area contributed by atoms with Gasteiger partial charge in [-0.25, -0.2) is 15.0 Å². The van der Waals surface area contributed by atoms with Gasteiger partial charge >= 0.3 is 0 Å². The van der Waals surface area contributed by atoms with E-state index in [0.717, 1.165) is 77.3 Å². The molecule has 0 fully saturated rings. The van der Waals surface area contributed by atoms with Crippen molar-refractivity contribution in [1.29, 1.82) is 0 Å². The predicted molar refractivity (Wildman–Crippen MR) is 227 cm³/mol. The third-order valence-electron chi connectivity index (χ3n) is 10.6. The molecule has 0 bridgehead atoms. The van der Waals surface area contributed by atoms with Crippen molar-refractivity contribution in [3.05, 3.63) is 188 Å². The van der Waals surface area contributed by atoms with Gasteiger partial charge in [-0.15, -0.1) is 0 Å². The van der Waals surface area contributed by atoms with E-state index in [1.54, 1.807) is 0 Å². The van der Waals surface area contributed by atoms with E-state index < -0.39 is 0 Å². The molecule has 0 amide bonds. The average molecular weight is 718 g/mol. The van der Waals surface area contributed by atoms with Crippen LogP contribution in [0.15, 0.2) is 197 Å². The lowest BCUT2D eigenvalue weighted by molar-refractivity contribution is 0.669. The molecule has 0 N–H and O–H groups in total. The first-order valence-corrected chi connectivity index (χ1v) is 18.7. The molecule has 0 saturated carbocycles. The Bertz CT molecular complexity index is 3240. The second-order valence-corrected chi connectivity index (χ2v) is 13.9. The zero-order valence-corrected chi connectivity index (χ0v) is 30.1. The van der Waals surface area contributed by atoms with Gasteiger partial charge in [-0.05, 0) is 52.1 Å². The normalized spacial score (nSPS) is 11.6. The van der Waals surface area contributed by atoms with Crippen LogP contribution in [0.25, 0.3) is 111 Å². The summed E-state index contributed by atoms with van der Waals surface area (Å²) >= 11 is 0. The van der Waals surface area contributed by atoms with E-state index in [0.29, 0.717) is 17.5 Å². The van der Waals surface area contributed by atoms with Crippen LogP contribution in [0.3, 0.4) is 0 Å². The number of nitrogens with zero attached hydrogens (tertiary/aromatic N) is 3. The number of hydrogen-bond donors (Lipinski definition) is 0. The average Bonchev–Trinajstić information content (AvgIpc) is 3.86. The fourth-order valence-electron chi connectivity index (χ4n) is 7.91. The Morgan fingerprint density at radius 3 is 1.46 bits per heavy atom. The molecule has 3 aromatic heterocycles. The van der Waals surface area contributed by atoms with E-state index in [4.69, 9.17) is 23.8 Å². The van der Waals surface area contributed by atoms with Crippen LogP contribution >= 0.6 is 0 Å². The van der Waals surface area contributed by atoms with Crippen molar-refractivity contribution in [3.63, 3.8) is 0 Å². The first kappa shape index (κ1) is 31.9. The molecule has 3 heterocycles. The third-order valence-corrected chi connectivity index (χ3v) is 10.6. The lowest BCUT2D eigenvalue weighted by atomic mass is 9.96. The molecule has 0 unspecified atom stereocenters. The lowest BCUT2D eigenvalue weighted by Gasteiger charge is -2.10. The molecule has 8 aromatic carbocycles. The second kappa shape index (κ2) is 13.0. The summed E-state index contributed by atoms with van der Waals surface area (Å²) in [4.78, 5) is 15.4. The Morgan fingerprint density at radius 1 is 0.286 bits per heavy atom. The largest absolute Gasteiger partial charge is 0.456 e. The maximum Gasteiger partial charge on any atom is 0.164 e. The van der Waals surface area contributed by atoms with Crippen molar-refractivity contribution in [2.75, 3.05) is 0 Å². The van der Waals surface area contributed by atoms with Gasteiger partial charge in [-0.1, -0.05) is 164 Å². The molecule has 0 atom stereocenters. The molecule has 0 spiro atoms. The summed E-state index contributed by atoms with van der Waals surface area (Å²) in [5.74, 6) is 1.74. The van der Waals surface area contributed by atoms with Crippen LogP contribution in [0.4, 0.5) is 0 Å². The summed E-state index contributed by atoms with van der Waals surface area (Å²) in [6, 6.07) is 64.6. The first-order valence-electron chi connectivity index (χ1n) is 18.7. The highest BCUT2D eigenvalue weighted by Gasteiger charge is 2.21. The highest BCUT2D eigenvalue weighted by atomic mass is 16.3. The third kappa shape index (κ3) is 5.37. The number of furan rings is 2. The summed E-state index contributed by atoms with van der Waals surface area (Å²) in [7, 11) is 0. The van der Waals surface area contributed by atoms with Gasteiger partial charge in [0.05, 0.1) is 0 Å². The fraction of sp³-hybridized carbons (Fsp3) is 0. The van der Waals surface area contributed by atoms with Gasteiger partial charge in [-0.3, -0.25) is 0 Å². The standard InChI is InChI=1S/C51H31N3O2/c1-3-13-32(14-4-1)36-17-9-18-37(31-36)33-27-29-34(30-28-33)38-20-10-21-40-47-42(23-12-26-45(47)56-48(38)40)51-53-49(35-15-5-2-6-16-35)52-50(54-51)41-22-11-25-44-46(41)39-19-7-8-24-43(39)55-44/h1-31H. The molecular weight excluding hydrogens is 687 g/mol. The molecule has 262 valence electrons. The monoisotopic (exact) mass is 717 g/mol. The molecule has 11 aromatic rings. The van der Waals surface area contributed by atoms with Gasteiger partial charge < -0.3 is 8.83 Å². The molecule has 0 radical (unpaired) electrons. The van der Waals surface area contributed by atoms with Crippen LogP contribution < -0.4 is 0 Å². The summed E-state index contributed by atoms with van der Waals surface area (Å²) in [5.41, 5.74) is 12.7. The van der Waals surface area contributed by atoms with Crippen molar-refractivity contribution in [1.82, 2.24) is 15.0 Å². The summed E-state index contributed by atoms with van der Waals surface area (Å²) in [5, 5.41) is 3.96. The Labute approximate surface area is 322 Å². The molecule has 5 nitrogen and oxygen atoms in total. The number of hydrogen-bond acceptors (Lipinski definition) is 5. The van der Waals surface area contributed by atoms with E-state index in [9.17, 15) is 0 Å². The smallest absolute Gasteiger partial charge is 0.164 e. The Kier molecular flexibility index (Phi) is 7.42. The van der Waals surface area contributed by atoms with Crippen LogP contribution in [0.2, 0.25) is 0 Å². The van der Waals surface area contributed by atoms with Crippen LogP contribution in [0.5, 0.6) is 0 Å². The zero-order chi connectivity index (χ0) is 37.0. The number of fused-ring (bicyclic) bond motifs is 6. The van der Waals surface area contributed by atoms with E-state index >= 15 is 0 Å². The summed E-state index contributed by atoms with van der Waals surface area (Å²) < 4.78 is 13.0. The fourth-order valence-corrected chi connectivity index (χ4v) is 7.91. The van der Waals surface area contributed by atoms with Crippen molar-refractivity contribution >= 4 is 43.9 Å². The molecule has 0 aliphatic carbocycles. The second-order valence-electron chi connectivity index (χ2n) is 13.9. The predicted octanol–water partition coefficient (Wildman–Crippen LogP) is 13.7. The van der Waals surface area contributed by atoms with E-state index in [1.807, 2.05) is 78.9 Å². The highest BCUT2D eigenvalue weighted by Crippen LogP contribution is 2.42. The maximum absolute atomic E-state index is 6.72. The zero-order valence-electron chi connectivity index (χ0n) is 30.1. The minimum atomic E-state index is 0.569. The highest BCUT2D eigenvalue weighted by molar-refractivity contribution is 6.15. The Morgan fingerprint density at radius 2 is 0.750 bits per heavy atom. The maximum atomic E-state index is 6.72. The van der Waals surface area contributed by atoms with Crippen LogP contribution in [-0.4, -0.2) is 15.0 Å². The molecule has 56 heavy (non-hydrogen) atoms. The van der Waals surface area contributed by atoms with Crippen molar-refractivity contribution in [2.24, 2.45) is 0 Å².